The number of nitrogens with zero attached hydrogens (tertiary/aromatic N) is 4. The van der Waals surface area contributed by atoms with Gasteiger partial charge in [0.15, 0.2) is 5.66 Å². The zero-order chi connectivity index (χ0) is 20.4. The molecule has 0 aliphatic carbocycles. The standard InChI is InChI=1S/C19H26N6O3/c1-5-6-7-19(23-24-19)8-9-20-16(26)14-12-25(17(27)28-18(2,3)4)11-13-10-21-22-15(13)14/h1,10,14H,6-9,11-12H2,2-4H3,(H,20,26)(H,21,22). The minimum atomic E-state index is -0.602. The summed E-state index contributed by atoms with van der Waals surface area (Å²) in [6.45, 7) is 6.46. The first-order chi connectivity index (χ1) is 13.2. The minimum Gasteiger partial charge on any atom is -0.444 e. The minimum absolute atomic E-state index is 0.175. The first-order valence-electron chi connectivity index (χ1n) is 9.38. The fourth-order valence-corrected chi connectivity index (χ4v) is 3.19. The second-order valence-electron chi connectivity index (χ2n) is 8.15. The van der Waals surface area contributed by atoms with Gasteiger partial charge >= 0.3 is 6.09 Å². The van der Waals surface area contributed by atoms with Gasteiger partial charge in [0.2, 0.25) is 5.91 Å². The van der Waals surface area contributed by atoms with Crippen LogP contribution in [0.25, 0.3) is 0 Å². The summed E-state index contributed by atoms with van der Waals surface area (Å²) in [5.41, 5.74) is 0.513. The molecule has 3 heterocycles. The number of hydrogen-bond donors (Lipinski definition) is 2. The Bertz CT molecular complexity index is 810. The first-order valence-corrected chi connectivity index (χ1v) is 9.38. The van der Waals surface area contributed by atoms with E-state index in [-0.39, 0.29) is 12.5 Å². The Labute approximate surface area is 164 Å². The molecule has 0 aromatic carbocycles. The van der Waals surface area contributed by atoms with Crippen LogP contribution in [-0.2, 0) is 16.1 Å². The first kappa shape index (κ1) is 19.9. The van der Waals surface area contributed by atoms with E-state index in [1.165, 1.54) is 4.90 Å². The van der Waals surface area contributed by atoms with Crippen LogP contribution in [0.4, 0.5) is 4.79 Å². The van der Waals surface area contributed by atoms with Gasteiger partial charge in [-0.05, 0) is 20.8 Å². The number of rotatable bonds is 6. The molecule has 1 unspecified atom stereocenters. The van der Waals surface area contributed by atoms with Gasteiger partial charge in [0, 0.05) is 37.9 Å². The van der Waals surface area contributed by atoms with E-state index in [0.717, 1.165) is 11.3 Å². The van der Waals surface area contributed by atoms with E-state index in [1.807, 2.05) is 20.8 Å². The highest BCUT2D eigenvalue weighted by atomic mass is 16.6. The number of fused-ring (bicyclic) bond motifs is 1. The Morgan fingerprint density at radius 1 is 1.43 bits per heavy atom. The van der Waals surface area contributed by atoms with Gasteiger partial charge in [-0.1, -0.05) is 0 Å². The van der Waals surface area contributed by atoms with Gasteiger partial charge in [-0.15, -0.1) is 12.3 Å². The summed E-state index contributed by atoms with van der Waals surface area (Å²) in [6.07, 6.45) is 8.40. The predicted molar refractivity (Wildman–Crippen MR) is 101 cm³/mol. The number of hydrogen-bond acceptors (Lipinski definition) is 6. The van der Waals surface area contributed by atoms with Crippen LogP contribution in [0.2, 0.25) is 0 Å². The van der Waals surface area contributed by atoms with Gasteiger partial charge < -0.3 is 15.0 Å². The summed E-state index contributed by atoms with van der Waals surface area (Å²) in [5, 5.41) is 18.0. The third-order valence-corrected chi connectivity index (χ3v) is 4.71. The highest BCUT2D eigenvalue weighted by molar-refractivity contribution is 5.85. The van der Waals surface area contributed by atoms with Crippen molar-refractivity contribution in [2.75, 3.05) is 13.1 Å². The summed E-state index contributed by atoms with van der Waals surface area (Å²) in [6, 6.07) is 0. The number of nitrogens with one attached hydrogen (secondary N) is 2. The van der Waals surface area contributed by atoms with Crippen molar-refractivity contribution in [2.45, 2.75) is 63.8 Å². The number of carbonyl (C=O) groups is 2. The number of terminal acetylenes is 1. The number of amides is 2. The maximum absolute atomic E-state index is 12.8. The lowest BCUT2D eigenvalue weighted by molar-refractivity contribution is -0.123. The van der Waals surface area contributed by atoms with Gasteiger partial charge in [0.05, 0.1) is 24.4 Å². The molecule has 1 atom stereocenters. The van der Waals surface area contributed by atoms with Crippen molar-refractivity contribution >= 4 is 12.0 Å². The normalized spacial score (nSPS) is 19.5. The lowest BCUT2D eigenvalue weighted by Gasteiger charge is -2.33. The molecule has 0 spiro atoms. The number of ether oxygens (including phenoxy) is 1. The zero-order valence-corrected chi connectivity index (χ0v) is 16.5. The van der Waals surface area contributed by atoms with Crippen molar-refractivity contribution in [3.63, 3.8) is 0 Å². The van der Waals surface area contributed by atoms with E-state index in [1.54, 1.807) is 6.20 Å². The molecule has 3 rings (SSSR count). The van der Waals surface area contributed by atoms with Crippen LogP contribution in [-0.4, -0.2) is 51.5 Å². The average molecular weight is 386 g/mol. The lowest BCUT2D eigenvalue weighted by Crippen LogP contribution is -2.45. The van der Waals surface area contributed by atoms with Gasteiger partial charge in [0.1, 0.15) is 5.60 Å². The molecule has 1 aromatic heterocycles. The van der Waals surface area contributed by atoms with Crippen molar-refractivity contribution in [1.29, 1.82) is 0 Å². The molecule has 150 valence electrons. The smallest absolute Gasteiger partial charge is 0.410 e. The summed E-state index contributed by atoms with van der Waals surface area (Å²) in [5.74, 6) is 1.88. The number of aromatic nitrogens is 2. The monoisotopic (exact) mass is 386 g/mol. The van der Waals surface area contributed by atoms with Crippen molar-refractivity contribution in [2.24, 2.45) is 10.2 Å². The van der Waals surface area contributed by atoms with E-state index in [2.05, 4.69) is 31.7 Å². The maximum Gasteiger partial charge on any atom is 0.410 e. The summed E-state index contributed by atoms with van der Waals surface area (Å²) >= 11 is 0. The van der Waals surface area contributed by atoms with Crippen LogP contribution < -0.4 is 5.32 Å². The van der Waals surface area contributed by atoms with E-state index in [4.69, 9.17) is 11.2 Å². The van der Waals surface area contributed by atoms with Gasteiger partial charge in [-0.2, -0.15) is 15.3 Å². The molecule has 2 N–H and O–H groups in total. The second kappa shape index (κ2) is 7.62. The molecule has 0 saturated heterocycles. The van der Waals surface area contributed by atoms with Crippen LogP contribution in [0, 0.1) is 12.3 Å². The van der Waals surface area contributed by atoms with Crippen LogP contribution in [0.5, 0.6) is 0 Å². The van der Waals surface area contributed by atoms with E-state index in [0.29, 0.717) is 32.4 Å². The molecule has 0 bridgehead atoms. The molecule has 1 aromatic rings. The summed E-state index contributed by atoms with van der Waals surface area (Å²) in [7, 11) is 0. The van der Waals surface area contributed by atoms with Gasteiger partial charge in [-0.25, -0.2) is 4.79 Å². The molecule has 2 aliphatic heterocycles. The largest absolute Gasteiger partial charge is 0.444 e. The van der Waals surface area contributed by atoms with E-state index < -0.39 is 23.3 Å². The number of carbonyl (C=O) groups excluding carboxylic acids is 2. The van der Waals surface area contributed by atoms with E-state index >= 15 is 0 Å². The predicted octanol–water partition coefficient (Wildman–Crippen LogP) is 2.33. The molecule has 0 saturated carbocycles. The number of H-pyrrole nitrogens is 1. The Balaban J connectivity index is 1.60. The molecule has 2 amide bonds. The van der Waals surface area contributed by atoms with Gasteiger partial charge in [-0.3, -0.25) is 9.89 Å². The van der Waals surface area contributed by atoms with Crippen molar-refractivity contribution in [1.82, 2.24) is 20.4 Å². The molecule has 0 radical (unpaired) electrons. The molecule has 28 heavy (non-hydrogen) atoms. The molecular weight excluding hydrogens is 360 g/mol. The zero-order valence-electron chi connectivity index (χ0n) is 16.5. The van der Waals surface area contributed by atoms with Crippen LogP contribution in [0.3, 0.4) is 0 Å². The Kier molecular flexibility index (Phi) is 5.40. The van der Waals surface area contributed by atoms with Gasteiger partial charge in [0.25, 0.3) is 0 Å². The quantitative estimate of drug-likeness (QED) is 0.731. The van der Waals surface area contributed by atoms with Crippen molar-refractivity contribution < 1.29 is 14.3 Å². The van der Waals surface area contributed by atoms with Crippen molar-refractivity contribution in [3.05, 3.63) is 17.5 Å². The van der Waals surface area contributed by atoms with Crippen LogP contribution in [0.1, 0.15) is 57.2 Å². The third-order valence-electron chi connectivity index (χ3n) is 4.71. The summed E-state index contributed by atoms with van der Waals surface area (Å²) < 4.78 is 5.45. The average Bonchev–Trinajstić information content (AvgIpc) is 3.22. The fraction of sp³-hybridized carbons (Fsp3) is 0.632. The topological polar surface area (TPSA) is 112 Å². The molecule has 2 aliphatic rings. The highest BCUT2D eigenvalue weighted by Crippen LogP contribution is 2.36. The Morgan fingerprint density at radius 2 is 2.18 bits per heavy atom. The molecular formula is C19H26N6O3. The highest BCUT2D eigenvalue weighted by Gasteiger charge is 2.40. The third kappa shape index (κ3) is 4.68. The maximum atomic E-state index is 12.8. The lowest BCUT2D eigenvalue weighted by atomic mass is 9.95. The van der Waals surface area contributed by atoms with Crippen LogP contribution >= 0.6 is 0 Å². The SMILES string of the molecule is C#CCCC1(CCNC(=O)C2CN(C(=O)OC(C)(C)C)Cc3cn[nH]c32)N=N1. The van der Waals surface area contributed by atoms with Crippen molar-refractivity contribution in [3.8, 4) is 12.3 Å². The fourth-order valence-electron chi connectivity index (χ4n) is 3.19. The number of aromatic amines is 1. The van der Waals surface area contributed by atoms with E-state index in [9.17, 15) is 9.59 Å². The Morgan fingerprint density at radius 3 is 2.82 bits per heavy atom. The molecule has 9 heteroatoms. The Hall–Kier alpha value is -2.89. The molecule has 0 fully saturated rings. The van der Waals surface area contributed by atoms with Crippen LogP contribution in [0.15, 0.2) is 16.4 Å². The summed E-state index contributed by atoms with van der Waals surface area (Å²) in [4.78, 5) is 26.8. The second-order valence-corrected chi connectivity index (χ2v) is 8.15. The molecule has 9 nitrogen and oxygen atoms in total.